The van der Waals surface area contributed by atoms with Crippen molar-refractivity contribution in [3.05, 3.63) is 47.2 Å². The van der Waals surface area contributed by atoms with Gasteiger partial charge in [-0.1, -0.05) is 12.1 Å². The lowest BCUT2D eigenvalue weighted by Gasteiger charge is -2.18. The third-order valence-corrected chi connectivity index (χ3v) is 3.72. The minimum Gasteiger partial charge on any atom is -0.483 e. The van der Waals surface area contributed by atoms with Crippen LogP contribution in [-0.2, 0) is 12.3 Å². The molecule has 0 saturated heterocycles. The Kier molecular flexibility index (Phi) is 3.54. The van der Waals surface area contributed by atoms with Crippen molar-refractivity contribution in [1.82, 2.24) is 4.98 Å². The largest absolute Gasteiger partial charge is 0.483 e. The maximum atomic E-state index is 6.01. The van der Waals surface area contributed by atoms with E-state index < -0.39 is 0 Å². The summed E-state index contributed by atoms with van der Waals surface area (Å²) in [6, 6.07) is 9.78. The van der Waals surface area contributed by atoms with Gasteiger partial charge in [-0.3, -0.25) is 0 Å². The van der Waals surface area contributed by atoms with Crippen molar-refractivity contribution in [2.45, 2.75) is 38.7 Å². The molecule has 3 nitrogen and oxygen atoms in total. The zero-order valence-corrected chi connectivity index (χ0v) is 13.2. The van der Waals surface area contributed by atoms with Gasteiger partial charge in [0.1, 0.15) is 5.60 Å². The van der Waals surface area contributed by atoms with E-state index in [2.05, 4.69) is 24.9 Å². The Morgan fingerprint density at radius 3 is 2.90 bits per heavy atom. The lowest BCUT2D eigenvalue weighted by atomic mass is 10.0. The van der Waals surface area contributed by atoms with Gasteiger partial charge in [0.25, 0.3) is 0 Å². The number of pyridine rings is 1. The number of para-hydroxylation sites is 1. The highest BCUT2D eigenvalue weighted by Crippen LogP contribution is 2.43. The van der Waals surface area contributed by atoms with E-state index in [0.29, 0.717) is 17.5 Å². The highest BCUT2D eigenvalue weighted by molar-refractivity contribution is 6.17. The van der Waals surface area contributed by atoms with Crippen LogP contribution in [0.25, 0.3) is 0 Å². The van der Waals surface area contributed by atoms with Crippen molar-refractivity contribution >= 4 is 11.6 Å². The molecule has 4 heteroatoms. The van der Waals surface area contributed by atoms with Gasteiger partial charge in [-0.25, -0.2) is 4.98 Å². The van der Waals surface area contributed by atoms with Crippen LogP contribution >= 0.6 is 11.6 Å². The summed E-state index contributed by atoms with van der Waals surface area (Å²) in [5.41, 5.74) is 2.86. The lowest BCUT2D eigenvalue weighted by molar-refractivity contribution is 0.135. The van der Waals surface area contributed by atoms with Crippen LogP contribution in [0.5, 0.6) is 17.4 Å². The molecule has 0 spiro atoms. The van der Waals surface area contributed by atoms with Gasteiger partial charge in [0, 0.05) is 29.6 Å². The first-order chi connectivity index (χ1) is 9.97. The summed E-state index contributed by atoms with van der Waals surface area (Å²) in [6.45, 7) is 6.08. The summed E-state index contributed by atoms with van der Waals surface area (Å²) in [5, 5.41) is 0. The summed E-state index contributed by atoms with van der Waals surface area (Å²) >= 11 is 5.90. The van der Waals surface area contributed by atoms with Gasteiger partial charge in [-0.05, 0) is 38.5 Å². The molecule has 0 aliphatic carbocycles. The summed E-state index contributed by atoms with van der Waals surface area (Å²) < 4.78 is 11.9. The first kappa shape index (κ1) is 14.2. The molecule has 0 fully saturated rings. The van der Waals surface area contributed by atoms with Crippen molar-refractivity contribution in [3.63, 3.8) is 0 Å². The standard InChI is InChI=1S/C17H18ClNO2/c1-11-7-12(10-18)8-15(19-11)20-14-6-4-5-13-9-17(2,3)21-16(13)14/h4-8H,9-10H2,1-3H3. The number of rotatable bonds is 3. The van der Waals surface area contributed by atoms with Crippen LogP contribution in [0.15, 0.2) is 30.3 Å². The molecule has 1 aliphatic heterocycles. The summed E-state index contributed by atoms with van der Waals surface area (Å²) in [4.78, 5) is 4.40. The SMILES string of the molecule is Cc1cc(CCl)cc(Oc2cccc3c2OC(C)(C)C3)n1. The Balaban J connectivity index is 1.94. The van der Waals surface area contributed by atoms with Crippen molar-refractivity contribution < 1.29 is 9.47 Å². The average Bonchev–Trinajstić information content (AvgIpc) is 2.73. The number of hydrogen-bond acceptors (Lipinski definition) is 3. The van der Waals surface area contributed by atoms with Gasteiger partial charge in [0.05, 0.1) is 0 Å². The Bertz CT molecular complexity index is 682. The number of nitrogens with zero attached hydrogens (tertiary/aromatic N) is 1. The molecule has 0 N–H and O–H groups in total. The van der Waals surface area contributed by atoms with Gasteiger partial charge in [0.15, 0.2) is 11.5 Å². The summed E-state index contributed by atoms with van der Waals surface area (Å²) in [7, 11) is 0. The van der Waals surface area contributed by atoms with Crippen LogP contribution in [0.2, 0.25) is 0 Å². The van der Waals surface area contributed by atoms with Crippen LogP contribution < -0.4 is 9.47 Å². The van der Waals surface area contributed by atoms with Gasteiger partial charge in [-0.2, -0.15) is 0 Å². The van der Waals surface area contributed by atoms with Crippen LogP contribution in [-0.4, -0.2) is 10.6 Å². The van der Waals surface area contributed by atoms with Crippen LogP contribution in [0.1, 0.15) is 30.7 Å². The number of hydrogen-bond donors (Lipinski definition) is 0. The fourth-order valence-electron chi connectivity index (χ4n) is 2.62. The zero-order valence-electron chi connectivity index (χ0n) is 12.4. The van der Waals surface area contributed by atoms with Crippen molar-refractivity contribution in [2.75, 3.05) is 0 Å². The molecule has 0 saturated carbocycles. The monoisotopic (exact) mass is 303 g/mol. The van der Waals surface area contributed by atoms with Crippen LogP contribution in [0.4, 0.5) is 0 Å². The molecule has 21 heavy (non-hydrogen) atoms. The Morgan fingerprint density at radius 2 is 2.14 bits per heavy atom. The molecule has 0 amide bonds. The number of aromatic nitrogens is 1. The van der Waals surface area contributed by atoms with Gasteiger partial charge in [0.2, 0.25) is 5.88 Å². The van der Waals surface area contributed by atoms with Gasteiger partial charge < -0.3 is 9.47 Å². The highest BCUT2D eigenvalue weighted by atomic mass is 35.5. The third-order valence-electron chi connectivity index (χ3n) is 3.41. The predicted molar refractivity (Wildman–Crippen MR) is 83.5 cm³/mol. The molecule has 1 aliphatic rings. The highest BCUT2D eigenvalue weighted by Gasteiger charge is 2.32. The maximum absolute atomic E-state index is 6.01. The Labute approximate surface area is 129 Å². The van der Waals surface area contributed by atoms with E-state index in [1.165, 1.54) is 5.56 Å². The van der Waals surface area contributed by atoms with E-state index in [0.717, 1.165) is 23.4 Å². The lowest BCUT2D eigenvalue weighted by Crippen LogP contribution is -2.24. The average molecular weight is 304 g/mol. The Hall–Kier alpha value is -1.74. The molecular weight excluding hydrogens is 286 g/mol. The van der Waals surface area contributed by atoms with Gasteiger partial charge in [-0.15, -0.1) is 11.6 Å². The van der Waals surface area contributed by atoms with E-state index >= 15 is 0 Å². The minimum atomic E-state index is -0.191. The van der Waals surface area contributed by atoms with Gasteiger partial charge >= 0.3 is 0 Å². The minimum absolute atomic E-state index is 0.191. The number of alkyl halides is 1. The number of ether oxygens (including phenoxy) is 2. The molecule has 2 heterocycles. The maximum Gasteiger partial charge on any atom is 0.219 e. The molecule has 1 aromatic heterocycles. The molecule has 2 aromatic rings. The second-order valence-electron chi connectivity index (χ2n) is 5.97. The number of halogens is 1. The Morgan fingerprint density at radius 1 is 1.33 bits per heavy atom. The quantitative estimate of drug-likeness (QED) is 0.774. The van der Waals surface area contributed by atoms with Crippen molar-refractivity contribution in [3.8, 4) is 17.4 Å². The molecular formula is C17H18ClNO2. The molecule has 1 aromatic carbocycles. The summed E-state index contributed by atoms with van der Waals surface area (Å²) in [6.07, 6.45) is 0.883. The molecule has 0 bridgehead atoms. The van der Waals surface area contributed by atoms with E-state index in [-0.39, 0.29) is 5.60 Å². The molecule has 3 rings (SSSR count). The smallest absolute Gasteiger partial charge is 0.219 e. The number of benzene rings is 1. The third kappa shape index (κ3) is 2.98. The molecule has 0 unspecified atom stereocenters. The van der Waals surface area contributed by atoms with Crippen LogP contribution in [0.3, 0.4) is 0 Å². The topological polar surface area (TPSA) is 31.4 Å². The normalized spacial score (nSPS) is 15.4. The number of fused-ring (bicyclic) bond motifs is 1. The second kappa shape index (κ2) is 5.23. The zero-order chi connectivity index (χ0) is 15.0. The first-order valence-corrected chi connectivity index (χ1v) is 7.52. The molecule has 110 valence electrons. The van der Waals surface area contributed by atoms with E-state index in [4.69, 9.17) is 21.1 Å². The summed E-state index contributed by atoms with van der Waals surface area (Å²) in [5.74, 6) is 2.51. The fourth-order valence-corrected chi connectivity index (χ4v) is 2.77. The molecule has 0 atom stereocenters. The predicted octanol–water partition coefficient (Wildman–Crippen LogP) is 4.63. The molecule has 0 radical (unpaired) electrons. The fraction of sp³-hybridized carbons (Fsp3) is 0.353. The van der Waals surface area contributed by atoms with E-state index in [9.17, 15) is 0 Å². The van der Waals surface area contributed by atoms with E-state index in [1.54, 1.807) is 0 Å². The van der Waals surface area contributed by atoms with Crippen molar-refractivity contribution in [1.29, 1.82) is 0 Å². The van der Waals surface area contributed by atoms with E-state index in [1.807, 2.05) is 31.2 Å². The first-order valence-electron chi connectivity index (χ1n) is 6.99. The second-order valence-corrected chi connectivity index (χ2v) is 6.24. The van der Waals surface area contributed by atoms with Crippen LogP contribution in [0, 0.1) is 6.92 Å². The van der Waals surface area contributed by atoms with Crippen molar-refractivity contribution in [2.24, 2.45) is 0 Å². The number of aryl methyl sites for hydroxylation is 1.